The molecule has 1 fully saturated rings. The number of amides is 1. The van der Waals surface area contributed by atoms with E-state index in [0.29, 0.717) is 48.9 Å². The molecule has 3 aromatic rings. The first-order valence-electron chi connectivity index (χ1n) is 11.7. The number of carbonyl (C=O) groups is 1. The van der Waals surface area contributed by atoms with Crippen LogP contribution in [-0.2, 0) is 19.7 Å². The molecule has 0 saturated carbocycles. The predicted octanol–water partition coefficient (Wildman–Crippen LogP) is 4.65. The van der Waals surface area contributed by atoms with Crippen LogP contribution < -0.4 is 5.32 Å². The molecule has 2 aliphatic rings. The minimum absolute atomic E-state index is 0.00688. The predicted molar refractivity (Wildman–Crippen MR) is 141 cm³/mol. The first-order chi connectivity index (χ1) is 17.4. The van der Waals surface area contributed by atoms with E-state index in [2.05, 4.69) is 34.7 Å². The minimum Gasteiger partial charge on any atom is -0.388 e. The Labute approximate surface area is 219 Å². The molecule has 1 saturated heterocycles. The molecule has 1 aromatic heterocycles. The van der Waals surface area contributed by atoms with Crippen molar-refractivity contribution in [1.82, 2.24) is 9.62 Å². The van der Waals surface area contributed by atoms with Crippen LogP contribution in [0, 0.1) is 0 Å². The third-order valence-electron chi connectivity index (χ3n) is 6.75. The van der Waals surface area contributed by atoms with E-state index in [0.717, 1.165) is 22.5 Å². The van der Waals surface area contributed by atoms with Crippen molar-refractivity contribution in [1.29, 1.82) is 0 Å². The number of hydrogen-bond donors (Lipinski definition) is 1. The lowest BCUT2D eigenvalue weighted by Crippen LogP contribution is -2.47. The van der Waals surface area contributed by atoms with Crippen LogP contribution in [0.2, 0.25) is 4.34 Å². The van der Waals surface area contributed by atoms with Crippen LogP contribution in [0.5, 0.6) is 0 Å². The van der Waals surface area contributed by atoms with Crippen molar-refractivity contribution in [2.75, 3.05) is 19.6 Å². The third-order valence-corrected chi connectivity index (χ3v) is 10.3. The molecule has 3 heterocycles. The standard InChI is InChI=1S/C26H26ClN3O4S2/c27-23-11-12-24(35-23)36(32,33)30-15-13-26(14-16-30)17-22(29-34-26)25(31)28-18-21(19-7-3-1-4-8-19)20-9-5-2-6-10-20/h1-12,21H,13-18H2,(H,28,31). The fourth-order valence-electron chi connectivity index (χ4n) is 4.70. The van der Waals surface area contributed by atoms with E-state index in [9.17, 15) is 13.2 Å². The van der Waals surface area contributed by atoms with Gasteiger partial charge in [0, 0.05) is 44.8 Å². The van der Waals surface area contributed by atoms with E-state index in [4.69, 9.17) is 16.4 Å². The van der Waals surface area contributed by atoms with Gasteiger partial charge in [-0.3, -0.25) is 4.79 Å². The summed E-state index contributed by atoms with van der Waals surface area (Å²) < 4.78 is 27.9. The van der Waals surface area contributed by atoms with Crippen molar-refractivity contribution < 1.29 is 18.0 Å². The highest BCUT2D eigenvalue weighted by atomic mass is 35.5. The molecule has 0 aliphatic carbocycles. The molecule has 2 aromatic carbocycles. The van der Waals surface area contributed by atoms with Crippen LogP contribution >= 0.6 is 22.9 Å². The number of sulfonamides is 1. The van der Waals surface area contributed by atoms with Crippen molar-refractivity contribution in [2.45, 2.75) is 35.0 Å². The number of thiophene rings is 1. The maximum atomic E-state index is 13.0. The lowest BCUT2D eigenvalue weighted by molar-refractivity contribution is -0.114. The van der Waals surface area contributed by atoms with Gasteiger partial charge in [0.05, 0.1) is 4.34 Å². The van der Waals surface area contributed by atoms with Gasteiger partial charge < -0.3 is 10.2 Å². The van der Waals surface area contributed by atoms with E-state index in [-0.39, 0.29) is 16.0 Å². The lowest BCUT2D eigenvalue weighted by Gasteiger charge is -2.36. The summed E-state index contributed by atoms with van der Waals surface area (Å²) in [6, 6.07) is 23.3. The van der Waals surface area contributed by atoms with Crippen molar-refractivity contribution in [2.24, 2.45) is 5.16 Å². The Morgan fingerprint density at radius 3 is 2.19 bits per heavy atom. The lowest BCUT2D eigenvalue weighted by atomic mass is 9.87. The number of piperidine rings is 1. The Bertz CT molecular complexity index is 1310. The Hall–Kier alpha value is -2.72. The summed E-state index contributed by atoms with van der Waals surface area (Å²) >= 11 is 6.98. The van der Waals surface area contributed by atoms with Crippen LogP contribution in [-0.4, -0.2) is 49.6 Å². The highest BCUT2D eigenvalue weighted by molar-refractivity contribution is 7.91. The van der Waals surface area contributed by atoms with Gasteiger partial charge in [-0.15, -0.1) is 11.3 Å². The summed E-state index contributed by atoms with van der Waals surface area (Å²) in [7, 11) is -3.59. The Morgan fingerprint density at radius 1 is 1.03 bits per heavy atom. The van der Waals surface area contributed by atoms with Crippen LogP contribution in [0.4, 0.5) is 0 Å². The number of rotatable bonds is 7. The highest BCUT2D eigenvalue weighted by Gasteiger charge is 2.46. The molecule has 0 radical (unpaired) electrons. The van der Waals surface area contributed by atoms with Gasteiger partial charge >= 0.3 is 0 Å². The fraction of sp³-hybridized carbons (Fsp3) is 0.308. The third kappa shape index (κ3) is 5.20. The summed E-state index contributed by atoms with van der Waals surface area (Å²) in [5, 5.41) is 7.14. The molecule has 1 N–H and O–H groups in total. The summed E-state index contributed by atoms with van der Waals surface area (Å²) in [6.07, 6.45) is 1.28. The number of benzene rings is 2. The maximum Gasteiger partial charge on any atom is 0.269 e. The molecular formula is C26H26ClN3O4S2. The molecule has 0 atom stereocenters. The molecule has 188 valence electrons. The molecule has 2 aliphatic heterocycles. The largest absolute Gasteiger partial charge is 0.388 e. The van der Waals surface area contributed by atoms with E-state index in [1.54, 1.807) is 6.07 Å². The number of oxime groups is 1. The molecule has 36 heavy (non-hydrogen) atoms. The zero-order valence-corrected chi connectivity index (χ0v) is 21.9. The van der Waals surface area contributed by atoms with E-state index < -0.39 is 15.6 Å². The molecule has 1 amide bonds. The van der Waals surface area contributed by atoms with Crippen molar-refractivity contribution in [3.63, 3.8) is 0 Å². The fourth-order valence-corrected chi connectivity index (χ4v) is 7.78. The topological polar surface area (TPSA) is 88.1 Å². The van der Waals surface area contributed by atoms with Gasteiger partial charge in [-0.25, -0.2) is 8.42 Å². The van der Waals surface area contributed by atoms with E-state index in [1.165, 1.54) is 10.4 Å². The number of nitrogens with zero attached hydrogens (tertiary/aromatic N) is 2. The number of carbonyl (C=O) groups excluding carboxylic acids is 1. The van der Waals surface area contributed by atoms with Gasteiger partial charge in [0.1, 0.15) is 15.5 Å². The molecule has 0 bridgehead atoms. The van der Waals surface area contributed by atoms with Crippen molar-refractivity contribution in [3.8, 4) is 0 Å². The SMILES string of the molecule is O=C(NCC(c1ccccc1)c1ccccc1)C1=NOC2(CCN(S(=O)(=O)c3ccc(Cl)s3)CC2)C1. The second-order valence-electron chi connectivity index (χ2n) is 9.04. The maximum absolute atomic E-state index is 13.0. The normalized spacial score (nSPS) is 17.7. The second-order valence-corrected chi connectivity index (χ2v) is 12.9. The minimum atomic E-state index is -3.59. The molecule has 10 heteroatoms. The van der Waals surface area contributed by atoms with Crippen LogP contribution in [0.3, 0.4) is 0 Å². The van der Waals surface area contributed by atoms with Crippen LogP contribution in [0.25, 0.3) is 0 Å². The molecule has 1 spiro atoms. The van der Waals surface area contributed by atoms with Gasteiger partial charge in [0.25, 0.3) is 15.9 Å². The Morgan fingerprint density at radius 2 is 1.64 bits per heavy atom. The van der Waals surface area contributed by atoms with Crippen molar-refractivity contribution >= 4 is 44.6 Å². The number of hydrogen-bond acceptors (Lipinski definition) is 6. The summed E-state index contributed by atoms with van der Waals surface area (Å²) in [4.78, 5) is 18.8. The Kier molecular flexibility index (Phi) is 7.16. The highest BCUT2D eigenvalue weighted by Crippen LogP contribution is 2.37. The molecular weight excluding hydrogens is 518 g/mol. The zero-order valence-electron chi connectivity index (χ0n) is 19.5. The number of nitrogens with one attached hydrogen (secondary N) is 1. The summed E-state index contributed by atoms with van der Waals surface area (Å²) in [5.41, 5.74) is 1.93. The second kappa shape index (κ2) is 10.3. The zero-order chi connectivity index (χ0) is 25.2. The summed E-state index contributed by atoms with van der Waals surface area (Å²) in [5.74, 6) is -0.251. The first kappa shape index (κ1) is 25.0. The molecule has 5 rings (SSSR count). The Balaban J connectivity index is 1.19. The smallest absolute Gasteiger partial charge is 0.269 e. The number of halogens is 1. The van der Waals surface area contributed by atoms with Gasteiger partial charge in [-0.2, -0.15) is 4.31 Å². The van der Waals surface area contributed by atoms with Crippen LogP contribution in [0.15, 0.2) is 82.2 Å². The van der Waals surface area contributed by atoms with E-state index >= 15 is 0 Å². The van der Waals surface area contributed by atoms with Crippen molar-refractivity contribution in [3.05, 3.63) is 88.3 Å². The van der Waals surface area contributed by atoms with E-state index in [1.807, 2.05) is 36.4 Å². The monoisotopic (exact) mass is 543 g/mol. The van der Waals surface area contributed by atoms with Crippen LogP contribution in [0.1, 0.15) is 36.3 Å². The molecule has 0 unspecified atom stereocenters. The van der Waals surface area contributed by atoms with Gasteiger partial charge in [-0.1, -0.05) is 77.4 Å². The average molecular weight is 544 g/mol. The van der Waals surface area contributed by atoms with Gasteiger partial charge in [0.2, 0.25) is 0 Å². The average Bonchev–Trinajstić information content (AvgIpc) is 3.53. The van der Waals surface area contributed by atoms with Gasteiger partial charge in [0.15, 0.2) is 0 Å². The quantitative estimate of drug-likeness (QED) is 0.470. The summed E-state index contributed by atoms with van der Waals surface area (Å²) in [6.45, 7) is 1.02. The van der Waals surface area contributed by atoms with Gasteiger partial charge in [-0.05, 0) is 23.3 Å². The first-order valence-corrected chi connectivity index (χ1v) is 14.4. The molecule has 7 nitrogen and oxygen atoms in total.